The predicted molar refractivity (Wildman–Crippen MR) is 90.9 cm³/mol. The zero-order valence-corrected chi connectivity index (χ0v) is 13.6. The maximum atomic E-state index is 11.9. The van der Waals surface area contributed by atoms with E-state index in [1.807, 2.05) is 24.3 Å². The van der Waals surface area contributed by atoms with E-state index in [0.29, 0.717) is 11.5 Å². The molecule has 2 aromatic rings. The average molecular weight is 325 g/mol. The molecule has 6 nitrogen and oxygen atoms in total. The summed E-state index contributed by atoms with van der Waals surface area (Å²) < 4.78 is 5.24. The van der Waals surface area contributed by atoms with Crippen LogP contribution in [-0.2, 0) is 4.79 Å². The number of rotatable bonds is 5. The molecule has 1 saturated carbocycles. The molecule has 3 rings (SSSR count). The van der Waals surface area contributed by atoms with Gasteiger partial charge in [-0.1, -0.05) is 12.1 Å². The minimum absolute atomic E-state index is 0.0779. The fourth-order valence-electron chi connectivity index (χ4n) is 2.20. The Balaban J connectivity index is 1.60. The number of hydrogen-bond donors (Lipinski definition) is 2. The first-order valence-electron chi connectivity index (χ1n) is 7.85. The van der Waals surface area contributed by atoms with E-state index in [4.69, 9.17) is 4.42 Å². The third kappa shape index (κ3) is 3.90. The molecule has 2 N–H and O–H groups in total. The molecule has 0 aliphatic heterocycles. The van der Waals surface area contributed by atoms with E-state index in [1.165, 1.54) is 0 Å². The van der Waals surface area contributed by atoms with E-state index in [-0.39, 0.29) is 17.6 Å². The van der Waals surface area contributed by atoms with Crippen molar-refractivity contribution >= 4 is 23.2 Å². The standard InChI is InChI=1S/C18H19N3O3/c1-11-3-10-16(24-11)18(23)21-20-12(2)13-6-8-15(9-7-13)19-17(22)14-4-5-14/h3,6-10,14H,4-5H2,1-2H3,(H,19,22)(H,21,23)/b20-12+. The Morgan fingerprint density at radius 1 is 1.12 bits per heavy atom. The number of amides is 2. The minimum atomic E-state index is -0.393. The van der Waals surface area contributed by atoms with Crippen LogP contribution in [0.25, 0.3) is 0 Å². The Labute approximate surface area is 139 Å². The van der Waals surface area contributed by atoms with Crippen LogP contribution in [-0.4, -0.2) is 17.5 Å². The van der Waals surface area contributed by atoms with E-state index in [0.717, 1.165) is 24.1 Å². The molecule has 1 aromatic heterocycles. The van der Waals surface area contributed by atoms with Crippen LogP contribution in [0.15, 0.2) is 45.9 Å². The molecule has 1 aromatic carbocycles. The monoisotopic (exact) mass is 325 g/mol. The number of furan rings is 1. The third-order valence-electron chi connectivity index (χ3n) is 3.81. The maximum Gasteiger partial charge on any atom is 0.307 e. The summed E-state index contributed by atoms with van der Waals surface area (Å²) in [6, 6.07) is 10.7. The van der Waals surface area contributed by atoms with Gasteiger partial charge in [-0.2, -0.15) is 5.10 Å². The second kappa shape index (κ2) is 6.70. The normalized spacial score (nSPS) is 14.3. The van der Waals surface area contributed by atoms with E-state index in [2.05, 4.69) is 15.8 Å². The van der Waals surface area contributed by atoms with Crippen molar-refractivity contribution in [1.29, 1.82) is 0 Å². The summed E-state index contributed by atoms with van der Waals surface area (Å²) >= 11 is 0. The zero-order chi connectivity index (χ0) is 17.1. The lowest BCUT2D eigenvalue weighted by molar-refractivity contribution is -0.117. The predicted octanol–water partition coefficient (Wildman–Crippen LogP) is 3.09. The van der Waals surface area contributed by atoms with Crippen LogP contribution in [0.5, 0.6) is 0 Å². The molecule has 1 aliphatic carbocycles. The van der Waals surface area contributed by atoms with Gasteiger partial charge in [0.2, 0.25) is 5.91 Å². The van der Waals surface area contributed by atoms with Crippen molar-refractivity contribution in [3.05, 3.63) is 53.5 Å². The Kier molecular flexibility index (Phi) is 4.46. The van der Waals surface area contributed by atoms with Crippen LogP contribution >= 0.6 is 0 Å². The van der Waals surface area contributed by atoms with Crippen molar-refractivity contribution in [2.24, 2.45) is 11.0 Å². The molecule has 0 saturated heterocycles. The van der Waals surface area contributed by atoms with Crippen molar-refractivity contribution < 1.29 is 14.0 Å². The lowest BCUT2D eigenvalue weighted by atomic mass is 10.1. The van der Waals surface area contributed by atoms with Gasteiger partial charge in [0.05, 0.1) is 5.71 Å². The summed E-state index contributed by atoms with van der Waals surface area (Å²) in [4.78, 5) is 23.6. The Morgan fingerprint density at radius 3 is 2.42 bits per heavy atom. The topological polar surface area (TPSA) is 83.7 Å². The smallest absolute Gasteiger partial charge is 0.307 e. The van der Waals surface area contributed by atoms with E-state index >= 15 is 0 Å². The minimum Gasteiger partial charge on any atom is -0.456 e. The molecule has 0 atom stereocenters. The van der Waals surface area contributed by atoms with Crippen molar-refractivity contribution in [3.8, 4) is 0 Å². The highest BCUT2D eigenvalue weighted by molar-refractivity contribution is 6.01. The molecule has 0 radical (unpaired) electrons. The highest BCUT2D eigenvalue weighted by Crippen LogP contribution is 2.30. The van der Waals surface area contributed by atoms with Crippen LogP contribution in [0.1, 0.15) is 41.6 Å². The Bertz CT molecular complexity index is 786. The highest BCUT2D eigenvalue weighted by atomic mass is 16.3. The summed E-state index contributed by atoms with van der Waals surface area (Å²) in [6.45, 7) is 3.57. The van der Waals surface area contributed by atoms with Gasteiger partial charge >= 0.3 is 5.91 Å². The SMILES string of the molecule is C/C(=N\NC(=O)c1ccc(C)o1)c1ccc(NC(=O)C2CC2)cc1. The van der Waals surface area contributed by atoms with Gasteiger partial charge in [0.15, 0.2) is 5.76 Å². The Hall–Kier alpha value is -2.89. The molecule has 1 fully saturated rings. The van der Waals surface area contributed by atoms with Crippen molar-refractivity contribution in [1.82, 2.24) is 5.43 Å². The van der Waals surface area contributed by atoms with Crippen molar-refractivity contribution in [2.45, 2.75) is 26.7 Å². The summed E-state index contributed by atoms with van der Waals surface area (Å²) in [5.74, 6) is 0.755. The van der Waals surface area contributed by atoms with Crippen LogP contribution in [0.3, 0.4) is 0 Å². The van der Waals surface area contributed by atoms with Gasteiger partial charge in [-0.25, -0.2) is 5.43 Å². The largest absolute Gasteiger partial charge is 0.456 e. The van der Waals surface area contributed by atoms with E-state index in [9.17, 15) is 9.59 Å². The number of nitrogens with zero attached hydrogens (tertiary/aromatic N) is 1. The van der Waals surface area contributed by atoms with Crippen LogP contribution in [0.4, 0.5) is 5.69 Å². The van der Waals surface area contributed by atoms with Crippen LogP contribution < -0.4 is 10.7 Å². The lowest BCUT2D eigenvalue weighted by Gasteiger charge is -2.06. The van der Waals surface area contributed by atoms with Crippen molar-refractivity contribution in [2.75, 3.05) is 5.32 Å². The highest BCUT2D eigenvalue weighted by Gasteiger charge is 2.29. The average Bonchev–Trinajstić information content (AvgIpc) is 3.34. The number of benzene rings is 1. The molecule has 0 unspecified atom stereocenters. The second-order valence-corrected chi connectivity index (χ2v) is 5.89. The van der Waals surface area contributed by atoms with E-state index in [1.54, 1.807) is 26.0 Å². The molecular formula is C18H19N3O3. The van der Waals surface area contributed by atoms with Gasteiger partial charge < -0.3 is 9.73 Å². The number of carbonyl (C=O) groups excluding carboxylic acids is 2. The van der Waals surface area contributed by atoms with Gasteiger partial charge in [0, 0.05) is 11.6 Å². The molecule has 6 heteroatoms. The molecule has 0 spiro atoms. The number of nitrogens with one attached hydrogen (secondary N) is 2. The number of hydrazone groups is 1. The van der Waals surface area contributed by atoms with Gasteiger partial charge in [0.25, 0.3) is 0 Å². The van der Waals surface area contributed by atoms with Gasteiger partial charge in [0.1, 0.15) is 5.76 Å². The molecule has 0 bridgehead atoms. The van der Waals surface area contributed by atoms with Crippen molar-refractivity contribution in [3.63, 3.8) is 0 Å². The van der Waals surface area contributed by atoms with Gasteiger partial charge in [-0.3, -0.25) is 9.59 Å². The molecule has 1 heterocycles. The van der Waals surface area contributed by atoms with Crippen LogP contribution in [0, 0.1) is 12.8 Å². The Morgan fingerprint density at radius 2 is 1.83 bits per heavy atom. The van der Waals surface area contributed by atoms with Gasteiger partial charge in [-0.15, -0.1) is 0 Å². The molecular weight excluding hydrogens is 306 g/mol. The fraction of sp³-hybridized carbons (Fsp3) is 0.278. The summed E-state index contributed by atoms with van der Waals surface area (Å²) in [5.41, 5.74) is 4.74. The summed E-state index contributed by atoms with van der Waals surface area (Å²) in [6.07, 6.45) is 1.95. The third-order valence-corrected chi connectivity index (χ3v) is 3.81. The first-order chi connectivity index (χ1) is 11.5. The number of hydrogen-bond acceptors (Lipinski definition) is 4. The zero-order valence-electron chi connectivity index (χ0n) is 13.6. The first kappa shape index (κ1) is 16.0. The quantitative estimate of drug-likeness (QED) is 0.654. The lowest BCUT2D eigenvalue weighted by Crippen LogP contribution is -2.18. The molecule has 1 aliphatic rings. The molecule has 24 heavy (non-hydrogen) atoms. The van der Waals surface area contributed by atoms with Gasteiger partial charge in [-0.05, 0) is 56.5 Å². The maximum absolute atomic E-state index is 11.9. The molecule has 2 amide bonds. The number of anilines is 1. The van der Waals surface area contributed by atoms with E-state index < -0.39 is 5.91 Å². The first-order valence-corrected chi connectivity index (χ1v) is 7.85. The fourth-order valence-corrected chi connectivity index (χ4v) is 2.20. The molecule has 124 valence electrons. The number of aryl methyl sites for hydroxylation is 1. The second-order valence-electron chi connectivity index (χ2n) is 5.89. The summed E-state index contributed by atoms with van der Waals surface area (Å²) in [5, 5.41) is 6.96. The number of carbonyl (C=O) groups is 2. The summed E-state index contributed by atoms with van der Waals surface area (Å²) in [7, 11) is 0. The van der Waals surface area contributed by atoms with Crippen LogP contribution in [0.2, 0.25) is 0 Å².